The summed E-state index contributed by atoms with van der Waals surface area (Å²) in [6.45, 7) is 3.50. The largest absolute Gasteiger partial charge is 0.480 e. The summed E-state index contributed by atoms with van der Waals surface area (Å²) in [4.78, 5) is 36.4. The van der Waals surface area contributed by atoms with Crippen molar-refractivity contribution >= 4 is 18.0 Å². The Morgan fingerprint density at radius 2 is 1.47 bits per heavy atom. The second-order valence-electron chi connectivity index (χ2n) is 8.68. The van der Waals surface area contributed by atoms with Crippen molar-refractivity contribution in [2.75, 3.05) is 6.61 Å². The normalized spacial score (nSPS) is 14.3. The summed E-state index contributed by atoms with van der Waals surface area (Å²) in [5, 5.41) is 13.7. The molecule has 0 spiro atoms. The number of benzene rings is 2. The molecule has 1 aliphatic rings. The van der Waals surface area contributed by atoms with Crippen LogP contribution in [0, 0.1) is 5.92 Å². The van der Waals surface area contributed by atoms with Crippen LogP contribution in [-0.2, 0) is 14.3 Å². The van der Waals surface area contributed by atoms with Gasteiger partial charge in [-0.05, 0) is 34.6 Å². The number of carbonyl (C=O) groups excluding carboxylic acids is 2. The number of amides is 2. The average Bonchev–Trinajstić information content (AvgIpc) is 3.10. The zero-order chi connectivity index (χ0) is 24.8. The van der Waals surface area contributed by atoms with Crippen LogP contribution in [0.2, 0.25) is 0 Å². The highest BCUT2D eigenvalue weighted by atomic mass is 19.3. The lowest BCUT2D eigenvalue weighted by Gasteiger charge is -2.22. The highest BCUT2D eigenvalue weighted by molar-refractivity contribution is 5.89. The predicted octanol–water partition coefficient (Wildman–Crippen LogP) is 4.16. The molecule has 182 valence electrons. The number of nitrogens with one attached hydrogen (secondary N) is 2. The highest BCUT2D eigenvalue weighted by Crippen LogP contribution is 2.44. The van der Waals surface area contributed by atoms with E-state index in [9.17, 15) is 28.3 Å². The molecule has 3 rings (SSSR count). The molecule has 9 heteroatoms. The molecule has 0 bridgehead atoms. The summed E-state index contributed by atoms with van der Waals surface area (Å²) in [6.07, 6.45) is -4.77. The fourth-order valence-corrected chi connectivity index (χ4v) is 4.16. The van der Waals surface area contributed by atoms with Crippen molar-refractivity contribution < 1.29 is 33.0 Å². The number of hydrogen-bond acceptors (Lipinski definition) is 4. The van der Waals surface area contributed by atoms with Gasteiger partial charge in [-0.2, -0.15) is 0 Å². The number of alkyl carbamates (subject to hydrolysis) is 1. The minimum atomic E-state index is -2.89. The molecule has 0 saturated heterocycles. The van der Waals surface area contributed by atoms with E-state index in [1.807, 2.05) is 48.5 Å². The number of carboxylic acid groups (broad SMARTS) is 1. The molecule has 1 aliphatic carbocycles. The molecule has 0 aromatic heterocycles. The van der Waals surface area contributed by atoms with Crippen LogP contribution in [0.25, 0.3) is 11.1 Å². The first-order valence-electron chi connectivity index (χ1n) is 11.1. The third-order valence-electron chi connectivity index (χ3n) is 5.69. The monoisotopic (exact) mass is 474 g/mol. The average molecular weight is 475 g/mol. The SMILES string of the molecule is CC(C)CC(NC(=O)C(CC(F)F)NC(=O)OCC1c2ccccc2-c2ccccc21)C(=O)O. The molecule has 7 nitrogen and oxygen atoms in total. The molecule has 2 unspecified atom stereocenters. The van der Waals surface area contributed by atoms with E-state index in [1.54, 1.807) is 13.8 Å². The van der Waals surface area contributed by atoms with Crippen molar-refractivity contribution in [2.24, 2.45) is 5.92 Å². The molecule has 34 heavy (non-hydrogen) atoms. The lowest BCUT2D eigenvalue weighted by molar-refractivity contribution is -0.142. The van der Waals surface area contributed by atoms with Gasteiger partial charge in [0.1, 0.15) is 18.7 Å². The Bertz CT molecular complexity index is 998. The van der Waals surface area contributed by atoms with Crippen LogP contribution < -0.4 is 10.6 Å². The first kappa shape index (κ1) is 25.1. The van der Waals surface area contributed by atoms with Gasteiger partial charge in [0.2, 0.25) is 12.3 Å². The summed E-state index contributed by atoms with van der Waals surface area (Å²) in [6, 6.07) is 12.6. The maximum atomic E-state index is 13.1. The Hall–Kier alpha value is -3.49. The molecule has 3 N–H and O–H groups in total. The molecule has 0 radical (unpaired) electrons. The van der Waals surface area contributed by atoms with Gasteiger partial charge in [0.25, 0.3) is 0 Å². The summed E-state index contributed by atoms with van der Waals surface area (Å²) in [5.41, 5.74) is 4.03. The highest BCUT2D eigenvalue weighted by Gasteiger charge is 2.32. The Morgan fingerprint density at radius 3 is 1.97 bits per heavy atom. The van der Waals surface area contributed by atoms with Gasteiger partial charge >= 0.3 is 12.1 Å². The van der Waals surface area contributed by atoms with Gasteiger partial charge in [0.15, 0.2) is 0 Å². The second kappa shape index (κ2) is 11.1. The van der Waals surface area contributed by atoms with Crippen molar-refractivity contribution in [1.82, 2.24) is 10.6 Å². The van der Waals surface area contributed by atoms with E-state index < -0.39 is 42.9 Å². The van der Waals surface area contributed by atoms with Gasteiger partial charge < -0.3 is 20.5 Å². The molecule has 2 amide bonds. The zero-order valence-corrected chi connectivity index (χ0v) is 19.0. The van der Waals surface area contributed by atoms with Crippen molar-refractivity contribution in [3.63, 3.8) is 0 Å². The molecular weight excluding hydrogens is 446 g/mol. The van der Waals surface area contributed by atoms with Crippen LogP contribution in [0.15, 0.2) is 48.5 Å². The van der Waals surface area contributed by atoms with Gasteiger partial charge in [-0.3, -0.25) is 4.79 Å². The van der Waals surface area contributed by atoms with Gasteiger partial charge in [-0.15, -0.1) is 0 Å². The predicted molar refractivity (Wildman–Crippen MR) is 122 cm³/mol. The second-order valence-corrected chi connectivity index (χ2v) is 8.68. The van der Waals surface area contributed by atoms with Crippen LogP contribution in [0.1, 0.15) is 43.7 Å². The van der Waals surface area contributed by atoms with Crippen LogP contribution in [0.3, 0.4) is 0 Å². The van der Waals surface area contributed by atoms with Gasteiger partial charge in [0.05, 0.1) is 0 Å². The van der Waals surface area contributed by atoms with E-state index in [0.29, 0.717) is 0 Å². The Morgan fingerprint density at radius 1 is 0.912 bits per heavy atom. The van der Waals surface area contributed by atoms with E-state index in [-0.39, 0.29) is 24.9 Å². The molecule has 0 saturated carbocycles. The van der Waals surface area contributed by atoms with Gasteiger partial charge in [-0.25, -0.2) is 18.4 Å². The van der Waals surface area contributed by atoms with Crippen molar-refractivity contribution in [3.8, 4) is 11.1 Å². The summed E-state index contributed by atoms with van der Waals surface area (Å²) >= 11 is 0. The molecular formula is C25H28F2N2O5. The van der Waals surface area contributed by atoms with E-state index in [0.717, 1.165) is 22.3 Å². The Labute approximate surface area is 196 Å². The number of hydrogen-bond donors (Lipinski definition) is 3. The Kier molecular flexibility index (Phi) is 8.20. The quantitative estimate of drug-likeness (QED) is 0.480. The summed E-state index contributed by atoms with van der Waals surface area (Å²) < 4.78 is 31.5. The van der Waals surface area contributed by atoms with E-state index in [1.165, 1.54) is 0 Å². The fourth-order valence-electron chi connectivity index (χ4n) is 4.16. The van der Waals surface area contributed by atoms with E-state index in [4.69, 9.17) is 4.74 Å². The van der Waals surface area contributed by atoms with Crippen molar-refractivity contribution in [1.29, 1.82) is 0 Å². The maximum Gasteiger partial charge on any atom is 0.407 e. The van der Waals surface area contributed by atoms with Crippen LogP contribution in [0.4, 0.5) is 13.6 Å². The zero-order valence-electron chi connectivity index (χ0n) is 19.0. The molecule has 0 aliphatic heterocycles. The summed E-state index contributed by atoms with van der Waals surface area (Å²) in [7, 11) is 0. The number of ether oxygens (including phenoxy) is 1. The third kappa shape index (κ3) is 6.09. The minimum absolute atomic E-state index is 0.0476. The van der Waals surface area contributed by atoms with Crippen LogP contribution in [-0.4, -0.2) is 48.2 Å². The van der Waals surface area contributed by atoms with Gasteiger partial charge in [-0.1, -0.05) is 62.4 Å². The fraction of sp³-hybridized carbons (Fsp3) is 0.400. The molecule has 0 heterocycles. The van der Waals surface area contributed by atoms with Crippen molar-refractivity contribution in [2.45, 2.75) is 51.1 Å². The lowest BCUT2D eigenvalue weighted by Crippen LogP contribution is -2.52. The van der Waals surface area contributed by atoms with Crippen LogP contribution >= 0.6 is 0 Å². The van der Waals surface area contributed by atoms with Crippen molar-refractivity contribution in [3.05, 3.63) is 59.7 Å². The third-order valence-corrected chi connectivity index (χ3v) is 5.69. The van der Waals surface area contributed by atoms with E-state index in [2.05, 4.69) is 10.6 Å². The number of halogens is 2. The standard InChI is InChI=1S/C25H28F2N2O5/c1-14(2)11-21(24(31)32)28-23(30)20(12-22(26)27)29-25(33)34-13-19-17-9-5-3-7-15(17)16-8-4-6-10-18(16)19/h3-10,14,19-22H,11-13H2,1-2H3,(H,28,30)(H,29,33)(H,31,32). The number of alkyl halides is 2. The minimum Gasteiger partial charge on any atom is -0.480 e. The number of rotatable bonds is 10. The first-order valence-corrected chi connectivity index (χ1v) is 11.1. The van der Waals surface area contributed by atoms with Crippen LogP contribution in [0.5, 0.6) is 0 Å². The smallest absolute Gasteiger partial charge is 0.407 e. The molecule has 2 aromatic carbocycles. The number of aliphatic carboxylic acids is 1. The number of carbonyl (C=O) groups is 3. The lowest BCUT2D eigenvalue weighted by atomic mass is 9.98. The number of fused-ring (bicyclic) bond motifs is 3. The Balaban J connectivity index is 1.66. The molecule has 2 aromatic rings. The van der Waals surface area contributed by atoms with Gasteiger partial charge in [0, 0.05) is 12.3 Å². The topological polar surface area (TPSA) is 105 Å². The molecule has 2 atom stereocenters. The van der Waals surface area contributed by atoms with E-state index >= 15 is 0 Å². The number of carboxylic acids is 1. The molecule has 0 fully saturated rings. The summed E-state index contributed by atoms with van der Waals surface area (Å²) in [5.74, 6) is -2.56. The first-order chi connectivity index (χ1) is 16.2. The maximum absolute atomic E-state index is 13.1.